The van der Waals surface area contributed by atoms with E-state index in [0.717, 1.165) is 0 Å². The first-order chi connectivity index (χ1) is 11.2. The van der Waals surface area contributed by atoms with Crippen molar-refractivity contribution >= 4 is 39.2 Å². The molecule has 2 aromatic rings. The van der Waals surface area contributed by atoms with Gasteiger partial charge in [0.25, 0.3) is 5.56 Å². The Morgan fingerprint density at radius 2 is 2.26 bits per heavy atom. The molecule has 3 heterocycles. The number of aromatic nitrogens is 2. The fourth-order valence-electron chi connectivity index (χ4n) is 2.36. The first kappa shape index (κ1) is 16.2. The summed E-state index contributed by atoms with van der Waals surface area (Å²) < 4.78 is 6.82. The van der Waals surface area contributed by atoms with Gasteiger partial charge in [-0.15, -0.1) is 17.9 Å². The average Bonchev–Trinajstić information content (AvgIpc) is 3.05. The average molecular weight is 351 g/mol. The third-order valence-corrected chi connectivity index (χ3v) is 5.32. The van der Waals surface area contributed by atoms with Gasteiger partial charge in [-0.05, 0) is 11.4 Å². The van der Waals surface area contributed by atoms with Crippen LogP contribution >= 0.6 is 23.1 Å². The van der Waals surface area contributed by atoms with Crippen molar-refractivity contribution in [3.05, 3.63) is 34.5 Å². The second-order valence-corrected chi connectivity index (χ2v) is 6.86. The zero-order valence-electron chi connectivity index (χ0n) is 12.6. The van der Waals surface area contributed by atoms with Crippen molar-refractivity contribution in [3.63, 3.8) is 0 Å². The van der Waals surface area contributed by atoms with Crippen LogP contribution in [0.1, 0.15) is 0 Å². The molecule has 0 radical (unpaired) electrons. The fourth-order valence-corrected chi connectivity index (χ4v) is 4.08. The Morgan fingerprint density at radius 1 is 1.48 bits per heavy atom. The van der Waals surface area contributed by atoms with Crippen LogP contribution in [0.5, 0.6) is 0 Å². The summed E-state index contributed by atoms with van der Waals surface area (Å²) in [5.41, 5.74) is -0.0857. The molecule has 0 bridgehead atoms. The lowest BCUT2D eigenvalue weighted by Crippen LogP contribution is -2.41. The molecule has 1 aliphatic rings. The molecule has 0 aromatic carbocycles. The fraction of sp³-hybridized carbons (Fsp3) is 0.400. The lowest BCUT2D eigenvalue weighted by Gasteiger charge is -2.26. The molecule has 0 N–H and O–H groups in total. The summed E-state index contributed by atoms with van der Waals surface area (Å²) in [6.45, 7) is 6.48. The van der Waals surface area contributed by atoms with Crippen molar-refractivity contribution in [3.8, 4) is 0 Å². The molecule has 1 aliphatic heterocycles. The van der Waals surface area contributed by atoms with E-state index < -0.39 is 0 Å². The molecule has 23 heavy (non-hydrogen) atoms. The van der Waals surface area contributed by atoms with Gasteiger partial charge in [-0.1, -0.05) is 17.8 Å². The van der Waals surface area contributed by atoms with E-state index in [2.05, 4.69) is 11.6 Å². The summed E-state index contributed by atoms with van der Waals surface area (Å²) in [5.74, 6) is 0.310. The molecule has 1 amide bonds. The van der Waals surface area contributed by atoms with Crippen LogP contribution in [0.4, 0.5) is 0 Å². The predicted octanol–water partition coefficient (Wildman–Crippen LogP) is 1.59. The summed E-state index contributed by atoms with van der Waals surface area (Å²) >= 11 is 2.73. The summed E-state index contributed by atoms with van der Waals surface area (Å²) in [6.07, 6.45) is 1.66. The molecular formula is C15H17N3O3S2. The van der Waals surface area contributed by atoms with E-state index in [9.17, 15) is 9.59 Å². The van der Waals surface area contributed by atoms with E-state index >= 15 is 0 Å². The van der Waals surface area contributed by atoms with Gasteiger partial charge >= 0.3 is 0 Å². The van der Waals surface area contributed by atoms with E-state index in [1.807, 2.05) is 5.38 Å². The molecule has 2 aromatic heterocycles. The van der Waals surface area contributed by atoms with E-state index in [0.29, 0.717) is 48.2 Å². The number of allylic oxidation sites excluding steroid dienone is 1. The second kappa shape index (κ2) is 7.29. The maximum atomic E-state index is 12.5. The van der Waals surface area contributed by atoms with E-state index in [-0.39, 0.29) is 17.2 Å². The van der Waals surface area contributed by atoms with Crippen LogP contribution < -0.4 is 5.56 Å². The number of rotatable bonds is 5. The highest BCUT2D eigenvalue weighted by atomic mass is 32.2. The van der Waals surface area contributed by atoms with Gasteiger partial charge in [0.15, 0.2) is 5.16 Å². The number of ether oxygens (including phenoxy) is 1. The SMILES string of the molecule is C=CCn1c(SCC(=O)N2CCOCC2)nc2sccc2c1=O. The van der Waals surface area contributed by atoms with Crippen molar-refractivity contribution in [2.75, 3.05) is 32.1 Å². The number of morpholine rings is 1. The van der Waals surface area contributed by atoms with Gasteiger partial charge in [-0.2, -0.15) is 0 Å². The Hall–Kier alpha value is -1.64. The maximum absolute atomic E-state index is 12.5. The Morgan fingerprint density at radius 3 is 3.00 bits per heavy atom. The summed E-state index contributed by atoms with van der Waals surface area (Å²) in [4.78, 5) is 31.8. The largest absolute Gasteiger partial charge is 0.378 e. The Balaban J connectivity index is 1.80. The molecule has 122 valence electrons. The van der Waals surface area contributed by atoms with Crippen molar-refractivity contribution < 1.29 is 9.53 Å². The third kappa shape index (κ3) is 3.49. The zero-order valence-corrected chi connectivity index (χ0v) is 14.2. The van der Waals surface area contributed by atoms with Crippen LogP contribution in [0.15, 0.2) is 34.1 Å². The van der Waals surface area contributed by atoms with Crippen LogP contribution in [0.25, 0.3) is 10.2 Å². The van der Waals surface area contributed by atoms with Gasteiger partial charge in [0.05, 0.1) is 24.4 Å². The molecule has 1 fully saturated rings. The molecular weight excluding hydrogens is 334 g/mol. The standard InChI is InChI=1S/C15H17N3O3S2/c1-2-4-18-14(20)11-3-9-22-13(11)16-15(18)23-10-12(19)17-5-7-21-8-6-17/h2-3,9H,1,4-8,10H2. The van der Waals surface area contributed by atoms with Crippen LogP contribution in [0.3, 0.4) is 0 Å². The predicted molar refractivity (Wildman–Crippen MR) is 92.2 cm³/mol. The number of fused-ring (bicyclic) bond motifs is 1. The number of nitrogens with zero attached hydrogens (tertiary/aromatic N) is 3. The normalized spacial score (nSPS) is 15.0. The minimum absolute atomic E-state index is 0.0454. The minimum atomic E-state index is -0.0857. The molecule has 0 spiro atoms. The molecule has 8 heteroatoms. The number of carbonyl (C=O) groups is 1. The molecule has 0 aliphatic carbocycles. The number of hydrogen-bond acceptors (Lipinski definition) is 6. The van der Waals surface area contributed by atoms with E-state index in [1.54, 1.807) is 21.6 Å². The Kier molecular flexibility index (Phi) is 5.14. The first-order valence-electron chi connectivity index (χ1n) is 7.28. The highest BCUT2D eigenvalue weighted by Gasteiger charge is 2.19. The molecule has 3 rings (SSSR count). The molecule has 1 saturated heterocycles. The Labute approximate surface area is 141 Å². The van der Waals surface area contributed by atoms with Crippen LogP contribution in [-0.2, 0) is 16.1 Å². The zero-order chi connectivity index (χ0) is 16.2. The third-order valence-electron chi connectivity index (χ3n) is 3.55. The lowest BCUT2D eigenvalue weighted by atomic mass is 10.4. The van der Waals surface area contributed by atoms with Crippen LogP contribution in [-0.4, -0.2) is 52.4 Å². The van der Waals surface area contributed by atoms with E-state index in [1.165, 1.54) is 23.1 Å². The van der Waals surface area contributed by atoms with Crippen LogP contribution in [0, 0.1) is 0 Å². The lowest BCUT2D eigenvalue weighted by molar-refractivity contribution is -0.132. The van der Waals surface area contributed by atoms with Gasteiger partial charge in [0, 0.05) is 19.6 Å². The highest BCUT2D eigenvalue weighted by Crippen LogP contribution is 2.21. The topological polar surface area (TPSA) is 64.4 Å². The van der Waals surface area contributed by atoms with Gasteiger partial charge in [-0.3, -0.25) is 14.2 Å². The number of amides is 1. The van der Waals surface area contributed by atoms with Crippen molar-refractivity contribution in [1.82, 2.24) is 14.5 Å². The van der Waals surface area contributed by atoms with Gasteiger partial charge in [0.2, 0.25) is 5.91 Å². The number of thiophene rings is 1. The smallest absolute Gasteiger partial charge is 0.263 e. The van der Waals surface area contributed by atoms with Gasteiger partial charge in [-0.25, -0.2) is 4.98 Å². The van der Waals surface area contributed by atoms with Crippen molar-refractivity contribution in [2.24, 2.45) is 0 Å². The van der Waals surface area contributed by atoms with Crippen molar-refractivity contribution in [2.45, 2.75) is 11.7 Å². The van der Waals surface area contributed by atoms with Crippen molar-refractivity contribution in [1.29, 1.82) is 0 Å². The van der Waals surface area contributed by atoms with E-state index in [4.69, 9.17) is 4.74 Å². The van der Waals surface area contributed by atoms with Crippen LogP contribution in [0.2, 0.25) is 0 Å². The Bertz CT molecular complexity index is 778. The van der Waals surface area contributed by atoms with Gasteiger partial charge < -0.3 is 9.64 Å². The summed E-state index contributed by atoms with van der Waals surface area (Å²) in [5, 5.41) is 3.03. The number of hydrogen-bond donors (Lipinski definition) is 0. The van der Waals surface area contributed by atoms with Gasteiger partial charge in [0.1, 0.15) is 4.83 Å². The second-order valence-electron chi connectivity index (χ2n) is 5.02. The first-order valence-corrected chi connectivity index (χ1v) is 9.14. The minimum Gasteiger partial charge on any atom is -0.378 e. The number of thioether (sulfide) groups is 1. The highest BCUT2D eigenvalue weighted by molar-refractivity contribution is 7.99. The molecule has 0 saturated carbocycles. The maximum Gasteiger partial charge on any atom is 0.263 e. The number of carbonyl (C=O) groups excluding carboxylic acids is 1. The quantitative estimate of drug-likeness (QED) is 0.465. The molecule has 6 nitrogen and oxygen atoms in total. The summed E-state index contributed by atoms with van der Waals surface area (Å²) in [7, 11) is 0. The molecule has 0 atom stereocenters. The molecule has 0 unspecified atom stereocenters. The monoisotopic (exact) mass is 351 g/mol. The summed E-state index contributed by atoms with van der Waals surface area (Å²) in [6, 6.07) is 1.78.